The molecular weight excluding hydrogens is 328 g/mol. The van der Waals surface area contributed by atoms with E-state index in [1.165, 1.54) is 18.2 Å². The Morgan fingerprint density at radius 3 is 2.55 bits per heavy atom. The van der Waals surface area contributed by atoms with Crippen molar-refractivity contribution in [2.45, 2.75) is 38.2 Å². The van der Waals surface area contributed by atoms with E-state index in [1.54, 1.807) is 6.92 Å². The number of rotatable bonds is 7. The maximum absolute atomic E-state index is 12.0. The molecule has 3 N–H and O–H groups in total. The number of amides is 1. The lowest BCUT2D eigenvalue weighted by atomic mass is 10.1. The van der Waals surface area contributed by atoms with Crippen LogP contribution in [0.5, 0.6) is 0 Å². The standard InChI is InChI=1S/C14H21ClN2O4S/c1-9(2)6-7-21-10(3)14(18)17-11-4-5-12(15)13(8-11)22(16,19)20/h4-5,8-10H,6-7H2,1-3H3,(H,17,18)(H2,16,19,20)/t10-/m1/s1. The quantitative estimate of drug-likeness (QED) is 0.790. The number of primary sulfonamides is 1. The largest absolute Gasteiger partial charge is 0.369 e. The predicted octanol–water partition coefficient (Wildman–Crippen LogP) is 2.38. The summed E-state index contributed by atoms with van der Waals surface area (Å²) in [4.78, 5) is 11.7. The second kappa shape index (κ2) is 7.92. The van der Waals surface area contributed by atoms with Crippen LogP contribution in [0.25, 0.3) is 0 Å². The van der Waals surface area contributed by atoms with E-state index >= 15 is 0 Å². The van der Waals surface area contributed by atoms with Crippen LogP contribution in [0.3, 0.4) is 0 Å². The summed E-state index contributed by atoms with van der Waals surface area (Å²) in [5, 5.41) is 7.64. The molecule has 0 bridgehead atoms. The zero-order valence-corrected chi connectivity index (χ0v) is 14.4. The molecule has 0 aromatic heterocycles. The van der Waals surface area contributed by atoms with Crippen LogP contribution < -0.4 is 10.5 Å². The van der Waals surface area contributed by atoms with Crippen molar-refractivity contribution in [3.05, 3.63) is 23.2 Å². The summed E-state index contributed by atoms with van der Waals surface area (Å²) in [5.74, 6) is 0.121. The average Bonchev–Trinajstić information content (AvgIpc) is 2.39. The second-order valence-corrected chi connectivity index (χ2v) is 7.31. The fourth-order valence-electron chi connectivity index (χ4n) is 1.60. The lowest BCUT2D eigenvalue weighted by Gasteiger charge is -2.15. The number of carbonyl (C=O) groups excluding carboxylic acids is 1. The Morgan fingerprint density at radius 2 is 2.00 bits per heavy atom. The van der Waals surface area contributed by atoms with Crippen molar-refractivity contribution in [3.63, 3.8) is 0 Å². The minimum absolute atomic E-state index is 0.00160. The molecule has 0 unspecified atom stereocenters. The average molecular weight is 349 g/mol. The van der Waals surface area contributed by atoms with Crippen LogP contribution in [-0.2, 0) is 19.6 Å². The molecule has 0 saturated carbocycles. The Labute approximate surface area is 136 Å². The van der Waals surface area contributed by atoms with Crippen LogP contribution in [0.2, 0.25) is 5.02 Å². The summed E-state index contributed by atoms with van der Waals surface area (Å²) in [6.45, 7) is 6.24. The second-order valence-electron chi connectivity index (χ2n) is 5.38. The molecule has 0 radical (unpaired) electrons. The third-order valence-electron chi connectivity index (χ3n) is 2.94. The lowest BCUT2D eigenvalue weighted by Crippen LogP contribution is -2.28. The van der Waals surface area contributed by atoms with Crippen molar-refractivity contribution in [2.24, 2.45) is 11.1 Å². The number of ether oxygens (including phenoxy) is 1. The normalized spacial score (nSPS) is 13.2. The number of anilines is 1. The molecule has 124 valence electrons. The molecular formula is C14H21ClN2O4S. The Kier molecular flexibility index (Phi) is 6.80. The molecule has 8 heteroatoms. The van der Waals surface area contributed by atoms with Gasteiger partial charge in [0.1, 0.15) is 11.0 Å². The maximum atomic E-state index is 12.0. The van der Waals surface area contributed by atoms with E-state index < -0.39 is 16.1 Å². The van der Waals surface area contributed by atoms with Gasteiger partial charge in [0.25, 0.3) is 5.91 Å². The van der Waals surface area contributed by atoms with Crippen molar-refractivity contribution < 1.29 is 17.9 Å². The third-order valence-corrected chi connectivity index (χ3v) is 4.33. The van der Waals surface area contributed by atoms with Crippen molar-refractivity contribution in [2.75, 3.05) is 11.9 Å². The van der Waals surface area contributed by atoms with Gasteiger partial charge in [-0.3, -0.25) is 4.79 Å². The topological polar surface area (TPSA) is 98.5 Å². The van der Waals surface area contributed by atoms with Crippen LogP contribution in [-0.4, -0.2) is 27.0 Å². The van der Waals surface area contributed by atoms with Crippen molar-refractivity contribution in [3.8, 4) is 0 Å². The van der Waals surface area contributed by atoms with E-state index in [0.29, 0.717) is 12.5 Å². The van der Waals surface area contributed by atoms with Crippen LogP contribution in [0.15, 0.2) is 23.1 Å². The number of hydrogen-bond acceptors (Lipinski definition) is 4. The highest BCUT2D eigenvalue weighted by atomic mass is 35.5. The Bertz CT molecular complexity index is 632. The van der Waals surface area contributed by atoms with E-state index in [2.05, 4.69) is 19.2 Å². The lowest BCUT2D eigenvalue weighted by molar-refractivity contribution is -0.126. The molecule has 1 amide bonds. The SMILES string of the molecule is CC(C)CCO[C@H](C)C(=O)Nc1ccc(Cl)c(S(N)(=O)=O)c1. The molecule has 1 aromatic carbocycles. The first-order valence-corrected chi connectivity index (χ1v) is 8.78. The van der Waals surface area contributed by atoms with Crippen LogP contribution in [0, 0.1) is 5.92 Å². The van der Waals surface area contributed by atoms with Gasteiger partial charge in [0.15, 0.2) is 0 Å². The maximum Gasteiger partial charge on any atom is 0.253 e. The number of halogens is 1. The van der Waals surface area contributed by atoms with E-state index in [-0.39, 0.29) is 21.5 Å². The molecule has 0 aliphatic rings. The van der Waals surface area contributed by atoms with Crippen LogP contribution in [0.4, 0.5) is 5.69 Å². The van der Waals surface area contributed by atoms with Gasteiger partial charge in [0, 0.05) is 12.3 Å². The third kappa shape index (κ3) is 5.92. The molecule has 0 saturated heterocycles. The van der Waals surface area contributed by atoms with Gasteiger partial charge in [-0.25, -0.2) is 13.6 Å². The summed E-state index contributed by atoms with van der Waals surface area (Å²) < 4.78 is 28.2. The van der Waals surface area contributed by atoms with Gasteiger partial charge in [0.05, 0.1) is 5.02 Å². The summed E-state index contributed by atoms with van der Waals surface area (Å²) in [6, 6.07) is 4.08. The Balaban J connectivity index is 2.72. The van der Waals surface area contributed by atoms with Crippen molar-refractivity contribution in [1.82, 2.24) is 0 Å². The van der Waals surface area contributed by atoms with Gasteiger partial charge in [-0.2, -0.15) is 0 Å². The molecule has 0 heterocycles. The van der Waals surface area contributed by atoms with Gasteiger partial charge in [0.2, 0.25) is 10.0 Å². The highest BCUT2D eigenvalue weighted by Crippen LogP contribution is 2.24. The zero-order valence-electron chi connectivity index (χ0n) is 12.8. The summed E-state index contributed by atoms with van der Waals surface area (Å²) in [6.07, 6.45) is 0.209. The van der Waals surface area contributed by atoms with Gasteiger partial charge in [-0.05, 0) is 37.5 Å². The number of benzene rings is 1. The number of nitrogens with one attached hydrogen (secondary N) is 1. The van der Waals surface area contributed by atoms with E-state index in [0.717, 1.165) is 6.42 Å². The number of carbonyl (C=O) groups is 1. The molecule has 0 spiro atoms. The smallest absolute Gasteiger partial charge is 0.253 e. The van der Waals surface area contributed by atoms with Gasteiger partial charge < -0.3 is 10.1 Å². The number of sulfonamides is 1. The molecule has 1 aromatic rings. The molecule has 1 atom stereocenters. The minimum atomic E-state index is -3.95. The van der Waals surface area contributed by atoms with Crippen molar-refractivity contribution in [1.29, 1.82) is 0 Å². The summed E-state index contributed by atoms with van der Waals surface area (Å²) in [7, 11) is -3.95. The van der Waals surface area contributed by atoms with Crippen LogP contribution in [0.1, 0.15) is 27.2 Å². The van der Waals surface area contributed by atoms with Gasteiger partial charge in [-0.1, -0.05) is 25.4 Å². The van der Waals surface area contributed by atoms with E-state index in [1.807, 2.05) is 0 Å². The monoisotopic (exact) mass is 348 g/mol. The van der Waals surface area contributed by atoms with Crippen LogP contribution >= 0.6 is 11.6 Å². The summed E-state index contributed by atoms with van der Waals surface area (Å²) >= 11 is 5.78. The fourth-order valence-corrected chi connectivity index (χ4v) is 2.67. The Morgan fingerprint density at radius 1 is 1.36 bits per heavy atom. The predicted molar refractivity (Wildman–Crippen MR) is 86.3 cm³/mol. The first-order valence-electron chi connectivity index (χ1n) is 6.86. The number of nitrogens with two attached hydrogens (primary N) is 1. The molecule has 22 heavy (non-hydrogen) atoms. The molecule has 0 fully saturated rings. The minimum Gasteiger partial charge on any atom is -0.369 e. The molecule has 0 aliphatic heterocycles. The molecule has 6 nitrogen and oxygen atoms in total. The Hall–Kier alpha value is -1.15. The zero-order chi connectivity index (χ0) is 16.9. The first kappa shape index (κ1) is 18.9. The highest BCUT2D eigenvalue weighted by Gasteiger charge is 2.17. The van der Waals surface area contributed by atoms with Gasteiger partial charge in [-0.15, -0.1) is 0 Å². The molecule has 0 aliphatic carbocycles. The first-order chi connectivity index (χ1) is 10.1. The fraction of sp³-hybridized carbons (Fsp3) is 0.500. The van der Waals surface area contributed by atoms with E-state index in [9.17, 15) is 13.2 Å². The summed E-state index contributed by atoms with van der Waals surface area (Å²) in [5.41, 5.74) is 0.290. The molecule has 1 rings (SSSR count). The van der Waals surface area contributed by atoms with Gasteiger partial charge >= 0.3 is 0 Å². The number of hydrogen-bond donors (Lipinski definition) is 2. The van der Waals surface area contributed by atoms with Crippen molar-refractivity contribution >= 4 is 33.2 Å². The van der Waals surface area contributed by atoms with E-state index in [4.69, 9.17) is 21.5 Å². The highest BCUT2D eigenvalue weighted by molar-refractivity contribution is 7.89.